The molecule has 0 bridgehead atoms. The van der Waals surface area contributed by atoms with Crippen LogP contribution in [0.2, 0.25) is 5.02 Å². The summed E-state index contributed by atoms with van der Waals surface area (Å²) in [6.45, 7) is 1.79. The number of carbonyl (C=O) groups is 1. The van der Waals surface area contributed by atoms with E-state index in [2.05, 4.69) is 20.2 Å². The number of hydrogen-bond donors (Lipinski definition) is 2. The minimum absolute atomic E-state index is 0.00455. The molecule has 0 aliphatic heterocycles. The molecule has 0 aliphatic carbocycles. The predicted molar refractivity (Wildman–Crippen MR) is 127 cm³/mol. The molecule has 3 aromatic carbocycles. The fraction of sp³-hybridized carbons (Fsp3) is 0.0455. The van der Waals surface area contributed by atoms with Crippen molar-refractivity contribution >= 4 is 49.7 Å². The Morgan fingerprint density at radius 3 is 2.44 bits per heavy atom. The fourth-order valence-electron chi connectivity index (χ4n) is 2.88. The van der Waals surface area contributed by atoms with Crippen molar-refractivity contribution in [1.29, 1.82) is 0 Å². The van der Waals surface area contributed by atoms with Gasteiger partial charge in [-0.25, -0.2) is 8.42 Å². The number of halogens is 1. The number of benzene rings is 3. The van der Waals surface area contributed by atoms with Crippen molar-refractivity contribution in [3.63, 3.8) is 0 Å². The molecular weight excluding hydrogens is 468 g/mol. The molecule has 32 heavy (non-hydrogen) atoms. The molecule has 10 heteroatoms. The predicted octanol–water partition coefficient (Wildman–Crippen LogP) is 5.22. The Bertz CT molecular complexity index is 1390. The van der Waals surface area contributed by atoms with Crippen molar-refractivity contribution in [2.24, 2.45) is 0 Å². The molecule has 0 spiro atoms. The summed E-state index contributed by atoms with van der Waals surface area (Å²) in [5.41, 5.74) is 2.19. The Morgan fingerprint density at radius 1 is 0.969 bits per heavy atom. The van der Waals surface area contributed by atoms with E-state index in [1.54, 1.807) is 25.1 Å². The molecule has 0 fully saturated rings. The number of amides is 1. The number of carbonyl (C=O) groups excluding carboxylic acids is 1. The molecular formula is C22H17ClN4O3S2. The third-order valence-corrected chi connectivity index (χ3v) is 7.27. The van der Waals surface area contributed by atoms with Gasteiger partial charge in [0.25, 0.3) is 15.9 Å². The lowest BCUT2D eigenvalue weighted by Crippen LogP contribution is -2.17. The van der Waals surface area contributed by atoms with Crippen LogP contribution in [-0.2, 0) is 10.0 Å². The summed E-state index contributed by atoms with van der Waals surface area (Å²) in [4.78, 5) is 12.5. The zero-order valence-corrected chi connectivity index (χ0v) is 19.1. The number of para-hydroxylation sites is 1. The van der Waals surface area contributed by atoms with Crippen molar-refractivity contribution in [2.75, 3.05) is 10.0 Å². The van der Waals surface area contributed by atoms with Crippen molar-refractivity contribution in [3.8, 4) is 10.6 Å². The molecule has 4 aromatic rings. The van der Waals surface area contributed by atoms with E-state index in [-0.39, 0.29) is 15.5 Å². The topological polar surface area (TPSA) is 101 Å². The van der Waals surface area contributed by atoms with Crippen LogP contribution in [0, 0.1) is 6.92 Å². The van der Waals surface area contributed by atoms with Crippen LogP contribution in [0.3, 0.4) is 0 Å². The molecule has 2 N–H and O–H groups in total. The van der Waals surface area contributed by atoms with Crippen LogP contribution in [-0.4, -0.2) is 24.5 Å². The number of nitrogens with zero attached hydrogens (tertiary/aromatic N) is 2. The van der Waals surface area contributed by atoms with Crippen molar-refractivity contribution < 1.29 is 13.2 Å². The van der Waals surface area contributed by atoms with Gasteiger partial charge in [0.15, 0.2) is 0 Å². The molecule has 0 atom stereocenters. The van der Waals surface area contributed by atoms with Crippen molar-refractivity contribution in [3.05, 3.63) is 88.9 Å². The molecule has 1 aromatic heterocycles. The highest BCUT2D eigenvalue weighted by atomic mass is 35.5. The van der Waals surface area contributed by atoms with Crippen LogP contribution in [0.15, 0.2) is 77.7 Å². The average Bonchev–Trinajstić information content (AvgIpc) is 3.24. The quantitative estimate of drug-likeness (QED) is 0.390. The number of sulfonamides is 1. The van der Waals surface area contributed by atoms with Crippen LogP contribution in [0.1, 0.15) is 15.9 Å². The minimum Gasteiger partial charge on any atom is -0.296 e. The summed E-state index contributed by atoms with van der Waals surface area (Å²) in [6.07, 6.45) is 0. The third-order valence-electron chi connectivity index (χ3n) is 4.54. The van der Waals surface area contributed by atoms with Crippen molar-refractivity contribution in [2.45, 2.75) is 11.8 Å². The second-order valence-electron chi connectivity index (χ2n) is 6.80. The first kappa shape index (κ1) is 21.9. The van der Waals surface area contributed by atoms with Gasteiger partial charge in [0.05, 0.1) is 10.7 Å². The molecule has 1 amide bonds. The van der Waals surface area contributed by atoms with Gasteiger partial charge in [0, 0.05) is 11.1 Å². The molecule has 0 saturated carbocycles. The summed E-state index contributed by atoms with van der Waals surface area (Å²) < 4.78 is 28.4. The SMILES string of the molecule is Cc1ccccc1NS(=O)(=O)c1cc(C(=O)Nc2nnc(-c3ccccc3)s2)ccc1Cl. The number of hydrogen-bond acceptors (Lipinski definition) is 6. The Labute approximate surface area is 194 Å². The van der Waals surface area contributed by atoms with E-state index in [1.807, 2.05) is 36.4 Å². The second-order valence-corrected chi connectivity index (χ2v) is 9.83. The first-order chi connectivity index (χ1) is 15.3. The maximum Gasteiger partial charge on any atom is 0.263 e. The van der Waals surface area contributed by atoms with Gasteiger partial charge in [-0.15, -0.1) is 10.2 Å². The first-order valence-corrected chi connectivity index (χ1v) is 12.1. The summed E-state index contributed by atoms with van der Waals surface area (Å²) in [6, 6.07) is 20.5. The molecule has 4 rings (SSSR count). The normalized spacial score (nSPS) is 11.2. The lowest BCUT2D eigenvalue weighted by atomic mass is 10.2. The monoisotopic (exact) mass is 484 g/mol. The number of rotatable bonds is 6. The van der Waals surface area contributed by atoms with E-state index in [0.29, 0.717) is 15.8 Å². The van der Waals surface area contributed by atoms with Crippen LogP contribution < -0.4 is 10.0 Å². The molecule has 162 valence electrons. The van der Waals surface area contributed by atoms with Crippen LogP contribution in [0.25, 0.3) is 10.6 Å². The van der Waals surface area contributed by atoms with Crippen LogP contribution in [0.5, 0.6) is 0 Å². The Balaban J connectivity index is 1.56. The number of aryl methyl sites for hydroxylation is 1. The Hall–Kier alpha value is -3.27. The highest BCUT2D eigenvalue weighted by Crippen LogP contribution is 2.28. The standard InChI is InChI=1S/C22H17ClN4O3S2/c1-14-7-5-6-10-18(14)27-32(29,30)19-13-16(11-12-17(19)23)20(28)24-22-26-25-21(31-22)15-8-3-2-4-9-15/h2-13,27H,1H3,(H,24,26,28). The average molecular weight is 485 g/mol. The van der Waals surface area contributed by atoms with Gasteiger partial charge in [-0.3, -0.25) is 14.8 Å². The molecule has 7 nitrogen and oxygen atoms in total. The zero-order valence-electron chi connectivity index (χ0n) is 16.7. The molecule has 0 aliphatic rings. The molecule has 0 radical (unpaired) electrons. The van der Waals surface area contributed by atoms with Gasteiger partial charge in [-0.1, -0.05) is 71.5 Å². The van der Waals surface area contributed by atoms with Crippen LogP contribution in [0.4, 0.5) is 10.8 Å². The highest BCUT2D eigenvalue weighted by Gasteiger charge is 2.21. The summed E-state index contributed by atoms with van der Waals surface area (Å²) in [7, 11) is -4.01. The number of anilines is 2. The van der Waals surface area contributed by atoms with E-state index in [4.69, 9.17) is 11.6 Å². The van der Waals surface area contributed by atoms with Gasteiger partial charge in [-0.05, 0) is 36.8 Å². The van der Waals surface area contributed by atoms with Gasteiger partial charge >= 0.3 is 0 Å². The smallest absolute Gasteiger partial charge is 0.263 e. The second kappa shape index (κ2) is 9.07. The molecule has 0 saturated heterocycles. The number of nitrogens with one attached hydrogen (secondary N) is 2. The Morgan fingerprint density at radius 2 is 1.69 bits per heavy atom. The minimum atomic E-state index is -4.01. The van der Waals surface area contributed by atoms with E-state index >= 15 is 0 Å². The van der Waals surface area contributed by atoms with Crippen molar-refractivity contribution in [1.82, 2.24) is 10.2 Å². The van der Waals surface area contributed by atoms with E-state index < -0.39 is 15.9 Å². The third kappa shape index (κ3) is 4.80. The lowest BCUT2D eigenvalue weighted by molar-refractivity contribution is 0.102. The lowest BCUT2D eigenvalue weighted by Gasteiger charge is -2.12. The van der Waals surface area contributed by atoms with E-state index in [1.165, 1.54) is 29.5 Å². The van der Waals surface area contributed by atoms with Crippen LogP contribution >= 0.6 is 22.9 Å². The fourth-order valence-corrected chi connectivity index (χ4v) is 5.28. The largest absolute Gasteiger partial charge is 0.296 e. The van der Waals surface area contributed by atoms with Gasteiger partial charge in [0.2, 0.25) is 5.13 Å². The molecule has 0 unspecified atom stereocenters. The maximum atomic E-state index is 12.9. The number of aromatic nitrogens is 2. The maximum absolute atomic E-state index is 12.9. The van der Waals surface area contributed by atoms with Gasteiger partial charge < -0.3 is 0 Å². The van der Waals surface area contributed by atoms with E-state index in [9.17, 15) is 13.2 Å². The Kier molecular flexibility index (Phi) is 6.22. The first-order valence-electron chi connectivity index (χ1n) is 9.42. The van der Waals surface area contributed by atoms with Gasteiger partial charge in [0.1, 0.15) is 9.90 Å². The zero-order chi connectivity index (χ0) is 22.7. The summed E-state index contributed by atoms with van der Waals surface area (Å²) >= 11 is 7.37. The summed E-state index contributed by atoms with van der Waals surface area (Å²) in [5.74, 6) is -0.523. The van der Waals surface area contributed by atoms with E-state index in [0.717, 1.165) is 11.1 Å². The molecule has 1 heterocycles. The summed E-state index contributed by atoms with van der Waals surface area (Å²) in [5, 5.41) is 11.7. The highest BCUT2D eigenvalue weighted by molar-refractivity contribution is 7.92. The van der Waals surface area contributed by atoms with Gasteiger partial charge in [-0.2, -0.15) is 0 Å².